The highest BCUT2D eigenvalue weighted by Gasteiger charge is 2.35. The van der Waals surface area contributed by atoms with Crippen LogP contribution in [-0.2, 0) is 14.3 Å². The van der Waals surface area contributed by atoms with Crippen molar-refractivity contribution in [1.82, 2.24) is 9.97 Å². The molecular formula is C26H37N3O4. The summed E-state index contributed by atoms with van der Waals surface area (Å²) >= 11 is 0. The molecule has 3 rings (SSSR count). The Balaban J connectivity index is 2.21. The largest absolute Gasteiger partial charge is 0.506 e. The van der Waals surface area contributed by atoms with Crippen molar-refractivity contribution in [2.75, 3.05) is 18.0 Å². The van der Waals surface area contributed by atoms with Gasteiger partial charge in [-0.05, 0) is 65.0 Å². The van der Waals surface area contributed by atoms with Crippen LogP contribution in [0.25, 0.3) is 11.3 Å². The highest BCUT2D eigenvalue weighted by atomic mass is 16.6. The normalized spacial score (nSPS) is 16.8. The molecule has 33 heavy (non-hydrogen) atoms. The molecule has 0 aromatic carbocycles. The number of anilines is 1. The molecule has 1 aliphatic heterocycles. The van der Waals surface area contributed by atoms with Gasteiger partial charge in [0.2, 0.25) is 0 Å². The molecule has 2 aromatic rings. The molecule has 7 heteroatoms. The van der Waals surface area contributed by atoms with Gasteiger partial charge < -0.3 is 19.5 Å². The van der Waals surface area contributed by atoms with Crippen LogP contribution in [0, 0.1) is 12.3 Å². The fraction of sp³-hybridized carbons (Fsp3) is 0.577. The Hall–Kier alpha value is -2.67. The van der Waals surface area contributed by atoms with E-state index in [1.165, 1.54) is 6.20 Å². The van der Waals surface area contributed by atoms with E-state index in [0.717, 1.165) is 48.4 Å². The molecule has 0 saturated carbocycles. The number of hydrogen-bond acceptors (Lipinski definition) is 7. The van der Waals surface area contributed by atoms with Gasteiger partial charge in [0.1, 0.15) is 5.75 Å². The molecule has 0 aliphatic carbocycles. The topological polar surface area (TPSA) is 84.8 Å². The SMILES string of the molecule is Cc1ncc(-c2ccc(O)cn2)c(N2CCC(C)(C)CC2)c1[C@H](OC(C)C)C(=O)OC(C)C. The lowest BCUT2D eigenvalue weighted by Crippen LogP contribution is -2.39. The molecule has 3 heterocycles. The van der Waals surface area contributed by atoms with E-state index in [-0.39, 0.29) is 23.4 Å². The average Bonchev–Trinajstić information content (AvgIpc) is 2.72. The van der Waals surface area contributed by atoms with Gasteiger partial charge in [0, 0.05) is 36.1 Å². The Morgan fingerprint density at radius 3 is 2.27 bits per heavy atom. The van der Waals surface area contributed by atoms with E-state index in [4.69, 9.17) is 9.47 Å². The van der Waals surface area contributed by atoms with Crippen LogP contribution in [0.4, 0.5) is 5.69 Å². The molecular weight excluding hydrogens is 418 g/mol. The molecule has 7 nitrogen and oxygen atoms in total. The number of nitrogens with zero attached hydrogens (tertiary/aromatic N) is 3. The van der Waals surface area contributed by atoms with Crippen molar-refractivity contribution in [3.63, 3.8) is 0 Å². The quantitative estimate of drug-likeness (QED) is 0.574. The first kappa shape index (κ1) is 25.0. The number of hydrogen-bond donors (Lipinski definition) is 1. The predicted molar refractivity (Wildman–Crippen MR) is 129 cm³/mol. The maximum atomic E-state index is 13.2. The van der Waals surface area contributed by atoms with Crippen LogP contribution in [0.2, 0.25) is 0 Å². The summed E-state index contributed by atoms with van der Waals surface area (Å²) in [4.78, 5) is 24.6. The monoisotopic (exact) mass is 455 g/mol. The minimum absolute atomic E-state index is 0.0989. The van der Waals surface area contributed by atoms with Crippen molar-refractivity contribution < 1.29 is 19.4 Å². The predicted octanol–water partition coefficient (Wildman–Crippen LogP) is 5.20. The Kier molecular flexibility index (Phi) is 7.62. The Morgan fingerprint density at radius 2 is 1.73 bits per heavy atom. The third kappa shape index (κ3) is 6.02. The molecule has 0 spiro atoms. The average molecular weight is 456 g/mol. The summed E-state index contributed by atoms with van der Waals surface area (Å²) in [7, 11) is 0. The molecule has 0 radical (unpaired) electrons. The van der Waals surface area contributed by atoms with Gasteiger partial charge >= 0.3 is 5.97 Å². The van der Waals surface area contributed by atoms with E-state index in [1.807, 2.05) is 34.6 Å². The third-order valence-electron chi connectivity index (χ3n) is 5.98. The maximum absolute atomic E-state index is 13.2. The standard InChI is InChI=1S/C26H37N3O4/c1-16(2)32-24(25(31)33-17(3)4)22-18(5)27-15-20(21-9-8-19(30)14-28-21)23(22)29-12-10-26(6,7)11-13-29/h8-9,14-17,24,30H,10-13H2,1-7H3/t24-/m0/s1. The summed E-state index contributed by atoms with van der Waals surface area (Å²) in [6.45, 7) is 15.7. The fourth-order valence-corrected chi connectivity index (χ4v) is 4.14. The number of esters is 1. The molecule has 1 aliphatic rings. The third-order valence-corrected chi connectivity index (χ3v) is 5.98. The lowest BCUT2D eigenvalue weighted by atomic mass is 9.82. The number of ether oxygens (including phenoxy) is 2. The molecule has 0 amide bonds. The van der Waals surface area contributed by atoms with Crippen molar-refractivity contribution in [3.05, 3.63) is 35.8 Å². The second kappa shape index (κ2) is 10.1. The van der Waals surface area contributed by atoms with Crippen molar-refractivity contribution in [3.8, 4) is 17.0 Å². The first-order chi connectivity index (χ1) is 15.5. The summed E-state index contributed by atoms with van der Waals surface area (Å²) in [6, 6.07) is 3.38. The van der Waals surface area contributed by atoms with Crippen molar-refractivity contribution >= 4 is 11.7 Å². The first-order valence-electron chi connectivity index (χ1n) is 11.7. The van der Waals surface area contributed by atoms with Crippen LogP contribution in [0.15, 0.2) is 24.5 Å². The Bertz CT molecular complexity index is 960. The summed E-state index contributed by atoms with van der Waals surface area (Å²) in [5, 5.41) is 9.75. The number of carbonyl (C=O) groups is 1. The summed E-state index contributed by atoms with van der Waals surface area (Å²) in [5.74, 6) is -0.320. The second-order valence-corrected chi connectivity index (χ2v) is 10.1. The summed E-state index contributed by atoms with van der Waals surface area (Å²) < 4.78 is 11.8. The molecule has 1 N–H and O–H groups in total. The van der Waals surface area contributed by atoms with E-state index in [2.05, 4.69) is 28.7 Å². The molecule has 0 unspecified atom stereocenters. The van der Waals surface area contributed by atoms with E-state index in [1.54, 1.807) is 18.3 Å². The van der Waals surface area contributed by atoms with E-state index in [0.29, 0.717) is 5.69 Å². The van der Waals surface area contributed by atoms with Crippen LogP contribution >= 0.6 is 0 Å². The number of aromatic hydroxyl groups is 1. The summed E-state index contributed by atoms with van der Waals surface area (Å²) in [5.41, 5.74) is 4.11. The Labute approximate surface area is 197 Å². The van der Waals surface area contributed by atoms with Crippen LogP contribution in [-0.4, -0.2) is 46.3 Å². The molecule has 1 atom stereocenters. The van der Waals surface area contributed by atoms with Crippen LogP contribution in [0.1, 0.15) is 71.7 Å². The van der Waals surface area contributed by atoms with Crippen molar-refractivity contribution in [2.45, 2.75) is 79.6 Å². The van der Waals surface area contributed by atoms with E-state index < -0.39 is 12.1 Å². The second-order valence-electron chi connectivity index (χ2n) is 10.1. The molecule has 1 fully saturated rings. The molecule has 1 saturated heterocycles. The van der Waals surface area contributed by atoms with Gasteiger partial charge in [0.25, 0.3) is 0 Å². The van der Waals surface area contributed by atoms with Gasteiger partial charge in [-0.2, -0.15) is 0 Å². The number of aromatic nitrogens is 2. The number of piperidine rings is 1. The minimum atomic E-state index is -0.901. The lowest BCUT2D eigenvalue weighted by molar-refractivity contribution is -0.164. The number of aryl methyl sites for hydroxylation is 1. The smallest absolute Gasteiger partial charge is 0.340 e. The zero-order valence-corrected chi connectivity index (χ0v) is 20.9. The number of carbonyl (C=O) groups excluding carboxylic acids is 1. The molecule has 180 valence electrons. The van der Waals surface area contributed by atoms with Crippen molar-refractivity contribution in [2.24, 2.45) is 5.41 Å². The van der Waals surface area contributed by atoms with Gasteiger partial charge in [0.15, 0.2) is 6.10 Å². The van der Waals surface area contributed by atoms with Crippen LogP contribution in [0.5, 0.6) is 5.75 Å². The molecule has 2 aromatic heterocycles. The highest BCUT2D eigenvalue weighted by molar-refractivity contribution is 5.86. The zero-order chi connectivity index (χ0) is 24.3. The Morgan fingerprint density at radius 1 is 1.06 bits per heavy atom. The number of rotatable bonds is 7. The van der Waals surface area contributed by atoms with Crippen LogP contribution < -0.4 is 4.90 Å². The van der Waals surface area contributed by atoms with Gasteiger partial charge in [0.05, 0.1) is 29.8 Å². The van der Waals surface area contributed by atoms with Gasteiger partial charge in [-0.3, -0.25) is 9.97 Å². The van der Waals surface area contributed by atoms with E-state index >= 15 is 0 Å². The fourth-order valence-electron chi connectivity index (χ4n) is 4.14. The van der Waals surface area contributed by atoms with Gasteiger partial charge in [-0.1, -0.05) is 13.8 Å². The van der Waals surface area contributed by atoms with Gasteiger partial charge in [-0.15, -0.1) is 0 Å². The van der Waals surface area contributed by atoms with E-state index in [9.17, 15) is 9.90 Å². The number of pyridine rings is 2. The highest BCUT2D eigenvalue weighted by Crippen LogP contribution is 2.42. The van der Waals surface area contributed by atoms with Crippen molar-refractivity contribution in [1.29, 1.82) is 0 Å². The molecule has 0 bridgehead atoms. The summed E-state index contributed by atoms with van der Waals surface area (Å²) in [6.07, 6.45) is 3.94. The minimum Gasteiger partial charge on any atom is -0.506 e. The van der Waals surface area contributed by atoms with Gasteiger partial charge in [-0.25, -0.2) is 4.79 Å². The first-order valence-corrected chi connectivity index (χ1v) is 11.7. The maximum Gasteiger partial charge on any atom is 0.340 e. The van der Waals surface area contributed by atoms with Crippen LogP contribution in [0.3, 0.4) is 0 Å². The zero-order valence-electron chi connectivity index (χ0n) is 20.9. The lowest BCUT2D eigenvalue weighted by Gasteiger charge is -2.40.